The second-order valence-corrected chi connectivity index (χ2v) is 4.94. The van der Waals surface area contributed by atoms with Gasteiger partial charge < -0.3 is 9.84 Å². The number of carboxylic acid groups (broad SMARTS) is 1. The molecule has 4 heteroatoms. The Morgan fingerprint density at radius 3 is 2.75 bits per heavy atom. The van der Waals surface area contributed by atoms with Gasteiger partial charge in [0.1, 0.15) is 0 Å². The molecule has 0 spiro atoms. The van der Waals surface area contributed by atoms with E-state index in [2.05, 4.69) is 4.90 Å². The highest BCUT2D eigenvalue weighted by atomic mass is 16.5. The van der Waals surface area contributed by atoms with Crippen LogP contribution in [-0.4, -0.2) is 48.3 Å². The molecular formula is C12H21NO3. The van der Waals surface area contributed by atoms with E-state index in [4.69, 9.17) is 9.84 Å². The Kier molecular flexibility index (Phi) is 4.18. The summed E-state index contributed by atoms with van der Waals surface area (Å²) in [5.41, 5.74) is 0. The van der Waals surface area contributed by atoms with Crippen molar-refractivity contribution in [3.63, 3.8) is 0 Å². The van der Waals surface area contributed by atoms with E-state index >= 15 is 0 Å². The Bertz CT molecular complexity index is 238. The van der Waals surface area contributed by atoms with Crippen LogP contribution in [0.25, 0.3) is 0 Å². The zero-order valence-corrected chi connectivity index (χ0v) is 9.73. The van der Waals surface area contributed by atoms with Gasteiger partial charge in [-0.05, 0) is 38.1 Å². The van der Waals surface area contributed by atoms with E-state index < -0.39 is 5.97 Å². The van der Waals surface area contributed by atoms with Gasteiger partial charge in [0.25, 0.3) is 0 Å². The molecule has 0 amide bonds. The molecule has 16 heavy (non-hydrogen) atoms. The van der Waals surface area contributed by atoms with Crippen molar-refractivity contribution in [2.45, 2.75) is 38.1 Å². The maximum atomic E-state index is 10.7. The summed E-state index contributed by atoms with van der Waals surface area (Å²) in [7, 11) is 0. The Labute approximate surface area is 96.6 Å². The normalized spacial score (nSPS) is 28.4. The molecule has 2 aliphatic rings. The lowest BCUT2D eigenvalue weighted by Gasteiger charge is -2.30. The van der Waals surface area contributed by atoms with E-state index in [1.54, 1.807) is 0 Å². The topological polar surface area (TPSA) is 49.8 Å². The fraction of sp³-hybridized carbons (Fsp3) is 0.917. The predicted octanol–water partition coefficient (Wildman–Crippen LogP) is 1.35. The minimum Gasteiger partial charge on any atom is -0.481 e. The van der Waals surface area contributed by atoms with Gasteiger partial charge in [-0.3, -0.25) is 9.69 Å². The lowest BCUT2D eigenvalue weighted by Crippen LogP contribution is -2.37. The standard InChI is InChI=1S/C12H21NO3/c14-12(15)8-11-2-1-5-13(11)9-10-3-6-16-7-4-10/h10-11H,1-9H2,(H,14,15). The van der Waals surface area contributed by atoms with E-state index in [0.29, 0.717) is 12.3 Å². The van der Waals surface area contributed by atoms with E-state index in [1.807, 2.05) is 0 Å². The summed E-state index contributed by atoms with van der Waals surface area (Å²) in [6.07, 6.45) is 4.78. The van der Waals surface area contributed by atoms with Crippen molar-refractivity contribution in [1.29, 1.82) is 0 Å². The minimum atomic E-state index is -0.663. The molecule has 2 rings (SSSR count). The number of carbonyl (C=O) groups is 1. The highest BCUT2D eigenvalue weighted by molar-refractivity contribution is 5.67. The molecule has 1 unspecified atom stereocenters. The second-order valence-electron chi connectivity index (χ2n) is 4.94. The molecule has 2 saturated heterocycles. The minimum absolute atomic E-state index is 0.278. The van der Waals surface area contributed by atoms with Crippen molar-refractivity contribution >= 4 is 5.97 Å². The van der Waals surface area contributed by atoms with Crippen LogP contribution in [0.1, 0.15) is 32.1 Å². The maximum absolute atomic E-state index is 10.7. The second kappa shape index (κ2) is 5.64. The summed E-state index contributed by atoms with van der Waals surface area (Å²) in [5.74, 6) is 0.0482. The molecule has 0 radical (unpaired) electrons. The van der Waals surface area contributed by atoms with Crippen molar-refractivity contribution in [3.8, 4) is 0 Å². The van der Waals surface area contributed by atoms with Crippen LogP contribution < -0.4 is 0 Å². The van der Waals surface area contributed by atoms with Gasteiger partial charge >= 0.3 is 5.97 Å². The van der Waals surface area contributed by atoms with E-state index in [-0.39, 0.29) is 6.04 Å². The molecule has 0 bridgehead atoms. The molecule has 2 fully saturated rings. The number of rotatable bonds is 4. The van der Waals surface area contributed by atoms with Gasteiger partial charge in [0.15, 0.2) is 0 Å². The van der Waals surface area contributed by atoms with Gasteiger partial charge in [0.2, 0.25) is 0 Å². The van der Waals surface area contributed by atoms with Gasteiger partial charge in [-0.25, -0.2) is 0 Å². The van der Waals surface area contributed by atoms with Crippen molar-refractivity contribution in [3.05, 3.63) is 0 Å². The molecule has 2 aliphatic heterocycles. The predicted molar refractivity (Wildman–Crippen MR) is 60.4 cm³/mol. The first-order valence-electron chi connectivity index (χ1n) is 6.29. The molecular weight excluding hydrogens is 206 g/mol. The number of carboxylic acids is 1. The van der Waals surface area contributed by atoms with Gasteiger partial charge in [-0.15, -0.1) is 0 Å². The Balaban J connectivity index is 1.80. The zero-order valence-electron chi connectivity index (χ0n) is 9.73. The van der Waals surface area contributed by atoms with E-state index in [0.717, 1.165) is 52.0 Å². The Morgan fingerprint density at radius 2 is 2.06 bits per heavy atom. The third kappa shape index (κ3) is 3.19. The smallest absolute Gasteiger partial charge is 0.304 e. The summed E-state index contributed by atoms with van der Waals surface area (Å²) < 4.78 is 5.34. The van der Waals surface area contributed by atoms with E-state index in [1.165, 1.54) is 0 Å². The van der Waals surface area contributed by atoms with Gasteiger partial charge in [0, 0.05) is 25.8 Å². The van der Waals surface area contributed by atoms with Gasteiger partial charge in [-0.2, -0.15) is 0 Å². The summed E-state index contributed by atoms with van der Waals surface area (Å²) >= 11 is 0. The van der Waals surface area contributed by atoms with Crippen molar-refractivity contribution < 1.29 is 14.6 Å². The van der Waals surface area contributed by atoms with Crippen LogP contribution in [0.5, 0.6) is 0 Å². The Hall–Kier alpha value is -0.610. The van der Waals surface area contributed by atoms with Crippen LogP contribution in [0, 0.1) is 5.92 Å². The molecule has 0 aromatic heterocycles. The quantitative estimate of drug-likeness (QED) is 0.787. The van der Waals surface area contributed by atoms with Crippen LogP contribution in [0.2, 0.25) is 0 Å². The monoisotopic (exact) mass is 227 g/mol. The van der Waals surface area contributed by atoms with Crippen LogP contribution in [-0.2, 0) is 9.53 Å². The molecule has 0 aromatic carbocycles. The fourth-order valence-corrected chi connectivity index (χ4v) is 2.83. The van der Waals surface area contributed by atoms with Crippen molar-refractivity contribution in [2.24, 2.45) is 5.92 Å². The van der Waals surface area contributed by atoms with Gasteiger partial charge in [0.05, 0.1) is 6.42 Å². The molecule has 0 aromatic rings. The molecule has 0 aliphatic carbocycles. The SMILES string of the molecule is O=C(O)CC1CCCN1CC1CCOCC1. The van der Waals surface area contributed by atoms with Crippen molar-refractivity contribution in [1.82, 2.24) is 4.90 Å². The lowest BCUT2D eigenvalue weighted by atomic mass is 9.99. The lowest BCUT2D eigenvalue weighted by molar-refractivity contribution is -0.138. The van der Waals surface area contributed by atoms with E-state index in [9.17, 15) is 4.79 Å². The highest BCUT2D eigenvalue weighted by Crippen LogP contribution is 2.24. The molecule has 92 valence electrons. The largest absolute Gasteiger partial charge is 0.481 e. The summed E-state index contributed by atoms with van der Waals surface area (Å²) in [6, 6.07) is 0.278. The summed E-state index contributed by atoms with van der Waals surface area (Å²) in [6.45, 7) is 3.90. The summed E-state index contributed by atoms with van der Waals surface area (Å²) in [5, 5.41) is 8.85. The highest BCUT2D eigenvalue weighted by Gasteiger charge is 2.28. The summed E-state index contributed by atoms with van der Waals surface area (Å²) in [4.78, 5) is 13.1. The van der Waals surface area contributed by atoms with Crippen LogP contribution in [0.4, 0.5) is 0 Å². The number of aliphatic carboxylic acids is 1. The number of likely N-dealkylation sites (tertiary alicyclic amines) is 1. The molecule has 1 atom stereocenters. The average Bonchev–Trinajstić information content (AvgIpc) is 2.66. The fourth-order valence-electron chi connectivity index (χ4n) is 2.83. The average molecular weight is 227 g/mol. The first-order valence-corrected chi connectivity index (χ1v) is 6.29. The zero-order chi connectivity index (χ0) is 11.4. The van der Waals surface area contributed by atoms with Crippen LogP contribution in [0.3, 0.4) is 0 Å². The van der Waals surface area contributed by atoms with Crippen molar-refractivity contribution in [2.75, 3.05) is 26.3 Å². The molecule has 0 saturated carbocycles. The number of hydrogen-bond acceptors (Lipinski definition) is 3. The van der Waals surface area contributed by atoms with Crippen LogP contribution >= 0.6 is 0 Å². The number of hydrogen-bond donors (Lipinski definition) is 1. The first-order chi connectivity index (χ1) is 7.75. The third-order valence-corrected chi connectivity index (χ3v) is 3.74. The Morgan fingerprint density at radius 1 is 1.31 bits per heavy atom. The third-order valence-electron chi connectivity index (χ3n) is 3.74. The van der Waals surface area contributed by atoms with Gasteiger partial charge in [-0.1, -0.05) is 0 Å². The first kappa shape index (κ1) is 11.9. The number of ether oxygens (including phenoxy) is 1. The number of nitrogens with zero attached hydrogens (tertiary/aromatic N) is 1. The van der Waals surface area contributed by atoms with Crippen LogP contribution in [0.15, 0.2) is 0 Å². The molecule has 1 N–H and O–H groups in total. The maximum Gasteiger partial charge on any atom is 0.304 e. The molecule has 2 heterocycles. The molecule has 4 nitrogen and oxygen atoms in total.